The Morgan fingerprint density at radius 3 is 2.90 bits per heavy atom. The number of carbonyl (C=O) groups is 1. The lowest BCUT2D eigenvalue weighted by atomic mass is 10.1. The van der Waals surface area contributed by atoms with Crippen molar-refractivity contribution in [3.05, 3.63) is 63.0 Å². The quantitative estimate of drug-likeness (QED) is 0.350. The Morgan fingerprint density at radius 2 is 2.24 bits per heavy atom. The molecule has 0 bridgehead atoms. The number of benzene rings is 1. The fraction of sp³-hybridized carbons (Fsp3) is 0.333. The van der Waals surface area contributed by atoms with Gasteiger partial charge >= 0.3 is 0 Å². The fourth-order valence-corrected chi connectivity index (χ4v) is 3.49. The van der Waals surface area contributed by atoms with E-state index < -0.39 is 10.8 Å². The number of non-ortho nitro benzene ring substituents is 1. The summed E-state index contributed by atoms with van der Waals surface area (Å²) in [5.74, 6) is -0.442. The van der Waals surface area contributed by atoms with Gasteiger partial charge in [-0.05, 0) is 50.5 Å². The summed E-state index contributed by atoms with van der Waals surface area (Å²) in [5.41, 5.74) is 2.97. The Labute approximate surface area is 168 Å². The minimum Gasteiger partial charge on any atom is -0.376 e. The third-order valence-electron chi connectivity index (χ3n) is 4.95. The molecule has 1 saturated heterocycles. The maximum Gasteiger partial charge on any atom is 0.271 e. The molecular formula is C21H22N4O4. The lowest BCUT2D eigenvalue weighted by Gasteiger charge is -2.10. The minimum absolute atomic E-state index is 0.00156. The fourth-order valence-electron chi connectivity index (χ4n) is 3.49. The number of hydrogen-bond acceptors (Lipinski definition) is 5. The van der Waals surface area contributed by atoms with Crippen molar-refractivity contribution in [3.8, 4) is 11.8 Å². The number of ether oxygens (including phenoxy) is 1. The number of nitrogens with one attached hydrogen (secondary N) is 1. The Bertz CT molecular complexity index is 1010. The molecular weight excluding hydrogens is 372 g/mol. The number of aryl methyl sites for hydroxylation is 1. The van der Waals surface area contributed by atoms with Gasteiger partial charge in [-0.2, -0.15) is 5.26 Å². The summed E-state index contributed by atoms with van der Waals surface area (Å²) in [6, 6.07) is 10.1. The van der Waals surface area contributed by atoms with Crippen LogP contribution in [0.3, 0.4) is 0 Å². The lowest BCUT2D eigenvalue weighted by Crippen LogP contribution is -2.32. The van der Waals surface area contributed by atoms with Crippen molar-refractivity contribution in [1.29, 1.82) is 5.26 Å². The zero-order valence-electron chi connectivity index (χ0n) is 16.3. The molecule has 1 atom stereocenters. The van der Waals surface area contributed by atoms with Crippen LogP contribution < -0.4 is 5.32 Å². The smallest absolute Gasteiger partial charge is 0.271 e. The normalized spacial score (nSPS) is 16.4. The van der Waals surface area contributed by atoms with Gasteiger partial charge in [0, 0.05) is 36.7 Å². The van der Waals surface area contributed by atoms with E-state index in [1.54, 1.807) is 18.2 Å². The van der Waals surface area contributed by atoms with Crippen molar-refractivity contribution in [3.63, 3.8) is 0 Å². The topological polar surface area (TPSA) is 110 Å². The molecule has 0 radical (unpaired) electrons. The Morgan fingerprint density at radius 1 is 1.45 bits per heavy atom. The molecule has 3 rings (SSSR count). The molecule has 8 nitrogen and oxygen atoms in total. The van der Waals surface area contributed by atoms with E-state index in [4.69, 9.17) is 4.74 Å². The van der Waals surface area contributed by atoms with E-state index in [0.717, 1.165) is 24.2 Å². The number of carbonyl (C=O) groups excluding carboxylic acids is 1. The van der Waals surface area contributed by atoms with Crippen LogP contribution in [0.25, 0.3) is 11.8 Å². The molecule has 1 aromatic heterocycles. The van der Waals surface area contributed by atoms with Crippen LogP contribution in [0.4, 0.5) is 5.69 Å². The van der Waals surface area contributed by atoms with Gasteiger partial charge in [0.25, 0.3) is 11.6 Å². The van der Waals surface area contributed by atoms with Crippen molar-refractivity contribution in [2.75, 3.05) is 13.2 Å². The number of amides is 1. The lowest BCUT2D eigenvalue weighted by molar-refractivity contribution is -0.384. The number of rotatable bonds is 6. The largest absolute Gasteiger partial charge is 0.376 e. The van der Waals surface area contributed by atoms with Crippen molar-refractivity contribution in [2.45, 2.75) is 32.8 Å². The molecule has 0 saturated carbocycles. The van der Waals surface area contributed by atoms with E-state index in [9.17, 15) is 20.2 Å². The molecule has 1 N–H and O–H groups in total. The van der Waals surface area contributed by atoms with Crippen LogP contribution in [0.15, 0.2) is 35.9 Å². The molecule has 2 heterocycles. The van der Waals surface area contributed by atoms with E-state index in [0.29, 0.717) is 24.4 Å². The summed E-state index contributed by atoms with van der Waals surface area (Å²) in [7, 11) is 0. The first-order valence-corrected chi connectivity index (χ1v) is 9.36. The third-order valence-corrected chi connectivity index (χ3v) is 4.95. The van der Waals surface area contributed by atoms with Gasteiger partial charge in [0.15, 0.2) is 0 Å². The van der Waals surface area contributed by atoms with Crippen LogP contribution in [0.1, 0.15) is 29.8 Å². The van der Waals surface area contributed by atoms with Gasteiger partial charge in [-0.25, -0.2) is 0 Å². The predicted octanol–water partition coefficient (Wildman–Crippen LogP) is 3.20. The van der Waals surface area contributed by atoms with Crippen LogP contribution in [-0.2, 0) is 9.53 Å². The zero-order chi connectivity index (χ0) is 21.0. The van der Waals surface area contributed by atoms with Gasteiger partial charge in [0.1, 0.15) is 11.6 Å². The Hall–Kier alpha value is -3.44. The maximum atomic E-state index is 12.4. The second-order valence-electron chi connectivity index (χ2n) is 6.95. The molecule has 1 fully saturated rings. The Balaban J connectivity index is 1.86. The molecule has 1 aliphatic heterocycles. The average molecular weight is 394 g/mol. The summed E-state index contributed by atoms with van der Waals surface area (Å²) in [4.78, 5) is 23.0. The number of aromatic nitrogens is 1. The van der Waals surface area contributed by atoms with Crippen LogP contribution in [0.2, 0.25) is 0 Å². The molecule has 1 aromatic carbocycles. The van der Waals surface area contributed by atoms with E-state index in [2.05, 4.69) is 5.32 Å². The highest BCUT2D eigenvalue weighted by Crippen LogP contribution is 2.25. The van der Waals surface area contributed by atoms with Gasteiger partial charge in [-0.15, -0.1) is 0 Å². The highest BCUT2D eigenvalue weighted by atomic mass is 16.6. The molecule has 0 aliphatic carbocycles. The number of nitrogens with zero attached hydrogens (tertiary/aromatic N) is 3. The van der Waals surface area contributed by atoms with Crippen LogP contribution in [0.5, 0.6) is 0 Å². The summed E-state index contributed by atoms with van der Waals surface area (Å²) < 4.78 is 7.34. The first kappa shape index (κ1) is 20.3. The Kier molecular flexibility index (Phi) is 6.10. The number of nitro benzene ring substituents is 1. The summed E-state index contributed by atoms with van der Waals surface area (Å²) in [5, 5.41) is 23.3. The number of nitriles is 1. The standard InChI is InChI=1S/C21H22N4O4/c1-14-9-16(10-17(12-22)21(26)23-13-20-7-4-8-29-20)15(2)24(14)18-5-3-6-19(11-18)25(27)28/h3,5-6,9-11,20H,4,7-8,13H2,1-2H3,(H,23,26)/b17-10+/t20-/m1/s1. The molecule has 2 aromatic rings. The second kappa shape index (κ2) is 8.71. The molecule has 29 heavy (non-hydrogen) atoms. The third kappa shape index (κ3) is 4.52. The van der Waals surface area contributed by atoms with Gasteiger partial charge in [0.2, 0.25) is 0 Å². The van der Waals surface area contributed by atoms with Crippen LogP contribution in [0, 0.1) is 35.3 Å². The average Bonchev–Trinajstić information content (AvgIpc) is 3.32. The van der Waals surface area contributed by atoms with Gasteiger partial charge in [-0.1, -0.05) is 6.07 Å². The monoisotopic (exact) mass is 394 g/mol. The van der Waals surface area contributed by atoms with Crippen molar-refractivity contribution < 1.29 is 14.5 Å². The minimum atomic E-state index is -0.442. The van der Waals surface area contributed by atoms with Gasteiger partial charge in [-0.3, -0.25) is 14.9 Å². The molecule has 0 spiro atoms. The molecule has 150 valence electrons. The van der Waals surface area contributed by atoms with Crippen LogP contribution in [-0.4, -0.2) is 34.7 Å². The summed E-state index contributed by atoms with van der Waals surface area (Å²) in [6.45, 7) is 4.79. The van der Waals surface area contributed by atoms with E-state index in [1.807, 2.05) is 30.6 Å². The van der Waals surface area contributed by atoms with Crippen LogP contribution >= 0.6 is 0 Å². The van der Waals surface area contributed by atoms with E-state index in [-0.39, 0.29) is 17.4 Å². The van der Waals surface area contributed by atoms with E-state index in [1.165, 1.54) is 12.1 Å². The van der Waals surface area contributed by atoms with Crippen molar-refractivity contribution in [1.82, 2.24) is 9.88 Å². The second-order valence-corrected chi connectivity index (χ2v) is 6.95. The number of hydrogen-bond donors (Lipinski definition) is 1. The van der Waals surface area contributed by atoms with Gasteiger partial charge < -0.3 is 14.6 Å². The molecule has 8 heteroatoms. The zero-order valence-corrected chi connectivity index (χ0v) is 16.3. The van der Waals surface area contributed by atoms with Crippen molar-refractivity contribution in [2.24, 2.45) is 0 Å². The molecule has 1 aliphatic rings. The maximum absolute atomic E-state index is 12.4. The highest BCUT2D eigenvalue weighted by molar-refractivity contribution is 6.01. The van der Waals surface area contributed by atoms with E-state index >= 15 is 0 Å². The first-order chi connectivity index (χ1) is 13.9. The summed E-state index contributed by atoms with van der Waals surface area (Å²) in [6.07, 6.45) is 3.42. The molecule has 1 amide bonds. The SMILES string of the molecule is Cc1cc(/C=C(\C#N)C(=O)NC[C@H]2CCCO2)c(C)n1-c1cccc([N+](=O)[O-])c1. The van der Waals surface area contributed by atoms with Gasteiger partial charge in [0.05, 0.1) is 16.7 Å². The predicted molar refractivity (Wildman–Crippen MR) is 107 cm³/mol. The van der Waals surface area contributed by atoms with Crippen molar-refractivity contribution >= 4 is 17.7 Å². The first-order valence-electron chi connectivity index (χ1n) is 9.36. The summed E-state index contributed by atoms with van der Waals surface area (Å²) >= 11 is 0. The highest BCUT2D eigenvalue weighted by Gasteiger charge is 2.19. The molecule has 0 unspecified atom stereocenters. The number of nitro groups is 1.